The summed E-state index contributed by atoms with van der Waals surface area (Å²) in [4.78, 5) is 0. The summed E-state index contributed by atoms with van der Waals surface area (Å²) in [5.74, 6) is 0.225. The Morgan fingerprint density at radius 3 is 2.76 bits per heavy atom. The molecule has 0 bridgehead atoms. The van der Waals surface area contributed by atoms with Gasteiger partial charge in [0.05, 0.1) is 16.7 Å². The molecule has 1 saturated heterocycles. The average molecular weight is 360 g/mol. The summed E-state index contributed by atoms with van der Waals surface area (Å²) in [6.07, 6.45) is 2.31. The lowest BCUT2D eigenvalue weighted by atomic mass is 10.1. The summed E-state index contributed by atoms with van der Waals surface area (Å²) in [5, 5.41) is 3.45. The van der Waals surface area contributed by atoms with Crippen LogP contribution < -0.4 is 10.1 Å². The molecular weight excluding hydrogens is 337 g/mol. The number of hydrogen-bond donors (Lipinski definition) is 1. The van der Waals surface area contributed by atoms with Crippen LogP contribution in [0.25, 0.3) is 0 Å². The normalized spacial score (nSPS) is 22.5. The zero-order valence-electron chi connectivity index (χ0n) is 12.8. The zero-order chi connectivity index (χ0) is 15.5. The highest BCUT2D eigenvalue weighted by Gasteiger charge is 2.26. The van der Waals surface area contributed by atoms with Gasteiger partial charge in [-0.15, -0.1) is 0 Å². The van der Waals surface area contributed by atoms with E-state index in [1.807, 2.05) is 0 Å². The summed E-state index contributed by atoms with van der Waals surface area (Å²) in [7, 11) is 0. The van der Waals surface area contributed by atoms with Crippen LogP contribution in [0.15, 0.2) is 22.7 Å². The average Bonchev–Trinajstić information content (AvgIpc) is 2.85. The lowest BCUT2D eigenvalue weighted by Crippen LogP contribution is -2.41. The number of nitrogens with one attached hydrogen (secondary N) is 1. The highest BCUT2D eigenvalue weighted by molar-refractivity contribution is 9.10. The van der Waals surface area contributed by atoms with Gasteiger partial charge in [0.15, 0.2) is 0 Å². The van der Waals surface area contributed by atoms with Gasteiger partial charge in [0, 0.05) is 18.2 Å². The maximum absolute atomic E-state index is 13.2. The highest BCUT2D eigenvalue weighted by Crippen LogP contribution is 2.27. The van der Waals surface area contributed by atoms with E-state index in [0.717, 1.165) is 23.9 Å². The lowest BCUT2D eigenvalue weighted by Gasteiger charge is -2.23. The molecule has 1 aromatic carbocycles. The van der Waals surface area contributed by atoms with Gasteiger partial charge in [0.2, 0.25) is 0 Å². The molecule has 2 atom stereocenters. The molecule has 1 aliphatic heterocycles. The van der Waals surface area contributed by atoms with Crippen molar-refractivity contribution >= 4 is 15.9 Å². The van der Waals surface area contributed by atoms with E-state index in [-0.39, 0.29) is 23.6 Å². The summed E-state index contributed by atoms with van der Waals surface area (Å²) in [5.41, 5.74) is 0.102. The number of benzene rings is 1. The zero-order valence-corrected chi connectivity index (χ0v) is 14.4. The predicted molar refractivity (Wildman–Crippen MR) is 85.2 cm³/mol. The van der Waals surface area contributed by atoms with E-state index in [2.05, 4.69) is 42.0 Å². The largest absolute Gasteiger partial charge is 0.490 e. The molecule has 0 radical (unpaired) electrons. The van der Waals surface area contributed by atoms with Crippen molar-refractivity contribution in [3.8, 4) is 5.75 Å². The monoisotopic (exact) mass is 359 g/mol. The van der Waals surface area contributed by atoms with Crippen LogP contribution in [0, 0.1) is 5.82 Å². The van der Waals surface area contributed by atoms with Crippen LogP contribution in [0.3, 0.4) is 0 Å². The first-order valence-corrected chi connectivity index (χ1v) is 8.11. The summed E-state index contributed by atoms with van der Waals surface area (Å²) in [6, 6.07) is 4.44. The summed E-state index contributed by atoms with van der Waals surface area (Å²) < 4.78 is 25.6. The molecule has 1 heterocycles. The Hall–Kier alpha value is -0.650. The van der Waals surface area contributed by atoms with Gasteiger partial charge in [-0.25, -0.2) is 4.39 Å². The van der Waals surface area contributed by atoms with E-state index in [9.17, 15) is 4.39 Å². The fourth-order valence-electron chi connectivity index (χ4n) is 2.24. The van der Waals surface area contributed by atoms with Crippen molar-refractivity contribution in [1.29, 1.82) is 0 Å². The highest BCUT2D eigenvalue weighted by atomic mass is 79.9. The molecule has 0 aromatic heterocycles. The van der Waals surface area contributed by atoms with Crippen molar-refractivity contribution in [2.45, 2.75) is 51.4 Å². The molecule has 2 rings (SSSR count). The van der Waals surface area contributed by atoms with Crippen LogP contribution in [0.1, 0.15) is 33.6 Å². The minimum Gasteiger partial charge on any atom is -0.490 e. The SMILES string of the molecule is CC(C)(C)NCC1CCC(COc2cc(F)ccc2Br)O1. The van der Waals surface area contributed by atoms with Gasteiger partial charge in [-0.2, -0.15) is 0 Å². The third-order valence-corrected chi connectivity index (χ3v) is 4.03. The summed E-state index contributed by atoms with van der Waals surface area (Å²) in [6.45, 7) is 7.73. The predicted octanol–water partition coefficient (Wildman–Crippen LogP) is 3.90. The second-order valence-electron chi connectivity index (χ2n) is 6.47. The Kier molecular flexibility index (Phi) is 5.63. The second kappa shape index (κ2) is 7.07. The van der Waals surface area contributed by atoms with E-state index in [1.165, 1.54) is 12.1 Å². The minimum absolute atomic E-state index is 0.0759. The van der Waals surface area contributed by atoms with Gasteiger partial charge in [-0.1, -0.05) is 0 Å². The Morgan fingerprint density at radius 2 is 2.05 bits per heavy atom. The minimum atomic E-state index is -0.298. The maximum Gasteiger partial charge on any atom is 0.136 e. The van der Waals surface area contributed by atoms with Crippen molar-refractivity contribution in [2.75, 3.05) is 13.2 Å². The first kappa shape index (κ1) is 16.7. The van der Waals surface area contributed by atoms with Crippen LogP contribution in [0.4, 0.5) is 4.39 Å². The third kappa shape index (κ3) is 5.57. The number of rotatable bonds is 5. The number of hydrogen-bond acceptors (Lipinski definition) is 3. The fraction of sp³-hybridized carbons (Fsp3) is 0.625. The van der Waals surface area contributed by atoms with Gasteiger partial charge >= 0.3 is 0 Å². The first-order valence-electron chi connectivity index (χ1n) is 7.32. The standard InChI is InChI=1S/C16H23BrFNO2/c1-16(2,3)19-9-12-5-6-13(21-12)10-20-15-8-11(18)4-7-14(15)17/h4,7-8,12-13,19H,5-6,9-10H2,1-3H3. The smallest absolute Gasteiger partial charge is 0.136 e. The molecule has 0 spiro atoms. The van der Waals surface area contributed by atoms with Crippen molar-refractivity contribution in [3.63, 3.8) is 0 Å². The fourth-order valence-corrected chi connectivity index (χ4v) is 2.60. The number of ether oxygens (including phenoxy) is 2. The molecule has 1 fully saturated rings. The molecule has 1 aromatic rings. The molecule has 1 aliphatic rings. The third-order valence-electron chi connectivity index (χ3n) is 3.37. The Labute approximate surface area is 134 Å². The summed E-state index contributed by atoms with van der Waals surface area (Å²) >= 11 is 3.36. The molecule has 3 nitrogen and oxygen atoms in total. The molecule has 2 unspecified atom stereocenters. The van der Waals surface area contributed by atoms with Crippen LogP contribution in [0.5, 0.6) is 5.75 Å². The van der Waals surface area contributed by atoms with Crippen molar-refractivity contribution in [1.82, 2.24) is 5.32 Å². The Bertz CT molecular complexity index is 476. The molecule has 0 amide bonds. The van der Waals surface area contributed by atoms with Crippen LogP contribution in [0.2, 0.25) is 0 Å². The van der Waals surface area contributed by atoms with Gasteiger partial charge in [-0.3, -0.25) is 0 Å². The Balaban J connectivity index is 1.76. The topological polar surface area (TPSA) is 30.5 Å². The van der Waals surface area contributed by atoms with Gasteiger partial charge in [-0.05, 0) is 61.7 Å². The number of halogens is 2. The van der Waals surface area contributed by atoms with Gasteiger partial charge in [0.1, 0.15) is 18.2 Å². The van der Waals surface area contributed by atoms with Crippen molar-refractivity contribution < 1.29 is 13.9 Å². The van der Waals surface area contributed by atoms with Crippen LogP contribution >= 0.6 is 15.9 Å². The first-order chi connectivity index (χ1) is 9.83. The van der Waals surface area contributed by atoms with E-state index in [0.29, 0.717) is 12.4 Å². The molecule has 5 heteroatoms. The molecule has 1 N–H and O–H groups in total. The van der Waals surface area contributed by atoms with E-state index < -0.39 is 0 Å². The molecule has 118 valence electrons. The molecular formula is C16H23BrFNO2. The second-order valence-corrected chi connectivity index (χ2v) is 7.33. The molecule has 0 saturated carbocycles. The van der Waals surface area contributed by atoms with E-state index >= 15 is 0 Å². The van der Waals surface area contributed by atoms with E-state index in [1.54, 1.807) is 6.07 Å². The van der Waals surface area contributed by atoms with Crippen LogP contribution in [-0.2, 0) is 4.74 Å². The van der Waals surface area contributed by atoms with Gasteiger partial charge in [0.25, 0.3) is 0 Å². The lowest BCUT2D eigenvalue weighted by molar-refractivity contribution is 0.0160. The van der Waals surface area contributed by atoms with Crippen LogP contribution in [-0.4, -0.2) is 30.9 Å². The van der Waals surface area contributed by atoms with Crippen molar-refractivity contribution in [2.24, 2.45) is 0 Å². The van der Waals surface area contributed by atoms with Crippen molar-refractivity contribution in [3.05, 3.63) is 28.5 Å². The Morgan fingerprint density at radius 1 is 1.33 bits per heavy atom. The quantitative estimate of drug-likeness (QED) is 0.864. The maximum atomic E-state index is 13.2. The molecule has 0 aliphatic carbocycles. The van der Waals surface area contributed by atoms with Gasteiger partial charge < -0.3 is 14.8 Å². The van der Waals surface area contributed by atoms with E-state index in [4.69, 9.17) is 9.47 Å². The molecule has 21 heavy (non-hydrogen) atoms.